The van der Waals surface area contributed by atoms with E-state index in [1.165, 1.54) is 154 Å². The molecule has 270 valence electrons. The molecule has 0 radical (unpaired) electrons. The second kappa shape index (κ2) is 34.9. The van der Waals surface area contributed by atoms with E-state index < -0.39 is 13.9 Å². The van der Waals surface area contributed by atoms with E-state index in [0.29, 0.717) is 13.0 Å². The monoisotopic (exact) mass is 663 g/mol. The summed E-state index contributed by atoms with van der Waals surface area (Å²) in [5.74, 6) is -0.358. The van der Waals surface area contributed by atoms with Crippen molar-refractivity contribution in [2.45, 2.75) is 213 Å². The molecule has 0 aliphatic carbocycles. The molecule has 8 heteroatoms. The highest BCUT2D eigenvalue weighted by molar-refractivity contribution is 7.46. The Morgan fingerprint density at radius 2 is 0.844 bits per heavy atom. The Balaban J connectivity index is 3.76. The highest BCUT2D eigenvalue weighted by atomic mass is 31.2. The van der Waals surface area contributed by atoms with Crippen molar-refractivity contribution in [3.63, 3.8) is 0 Å². The second-order valence-corrected chi connectivity index (χ2v) is 14.5. The van der Waals surface area contributed by atoms with Crippen LogP contribution >= 0.6 is 7.82 Å². The quantitative estimate of drug-likeness (QED) is 0.0387. The third-order valence-corrected chi connectivity index (χ3v) is 9.14. The molecule has 1 atom stereocenters. The summed E-state index contributed by atoms with van der Waals surface area (Å²) in [4.78, 5) is 30.5. The van der Waals surface area contributed by atoms with E-state index >= 15 is 0 Å². The van der Waals surface area contributed by atoms with Crippen molar-refractivity contribution in [3.8, 4) is 0 Å². The number of hydrogen-bond acceptors (Lipinski definition) is 5. The fourth-order valence-electron chi connectivity index (χ4n) is 5.80. The molecule has 0 saturated heterocycles. The number of carbonyl (C=O) groups is 1. The topological polar surface area (TPSA) is 102 Å². The standard InChI is InChI=1S/C37H75O7P/c1-3-5-7-9-11-13-15-17-18-19-21-23-25-27-29-31-33-42-34-36(35-43-45(39,40)41)44-37(38)32-30-28-26-24-22-20-16-14-12-10-8-6-4-2/h36H,3-35H2,1-2H3,(H2,39,40,41). The van der Waals surface area contributed by atoms with Crippen molar-refractivity contribution in [1.82, 2.24) is 0 Å². The van der Waals surface area contributed by atoms with Gasteiger partial charge in [0.25, 0.3) is 0 Å². The summed E-state index contributed by atoms with van der Waals surface area (Å²) in [5.41, 5.74) is 0. The Kier molecular flexibility index (Phi) is 34.5. The smallest absolute Gasteiger partial charge is 0.457 e. The van der Waals surface area contributed by atoms with Crippen LogP contribution in [0.15, 0.2) is 0 Å². The predicted molar refractivity (Wildman–Crippen MR) is 189 cm³/mol. The Morgan fingerprint density at radius 3 is 1.20 bits per heavy atom. The van der Waals surface area contributed by atoms with E-state index in [1.807, 2.05) is 0 Å². The molecule has 2 N–H and O–H groups in total. The number of hydrogen-bond donors (Lipinski definition) is 2. The average molecular weight is 663 g/mol. The van der Waals surface area contributed by atoms with Gasteiger partial charge in [0.05, 0.1) is 13.2 Å². The summed E-state index contributed by atoms with van der Waals surface area (Å²) in [7, 11) is -4.64. The highest BCUT2D eigenvalue weighted by Crippen LogP contribution is 2.36. The minimum Gasteiger partial charge on any atom is -0.457 e. The summed E-state index contributed by atoms with van der Waals surface area (Å²) in [5, 5.41) is 0. The van der Waals surface area contributed by atoms with Crippen molar-refractivity contribution in [3.05, 3.63) is 0 Å². The van der Waals surface area contributed by atoms with Gasteiger partial charge in [-0.1, -0.05) is 187 Å². The Morgan fingerprint density at radius 1 is 0.511 bits per heavy atom. The van der Waals surface area contributed by atoms with Crippen LogP contribution in [0.25, 0.3) is 0 Å². The van der Waals surface area contributed by atoms with Gasteiger partial charge in [0.2, 0.25) is 0 Å². The van der Waals surface area contributed by atoms with Crippen molar-refractivity contribution < 1.29 is 33.1 Å². The van der Waals surface area contributed by atoms with Crippen molar-refractivity contribution in [1.29, 1.82) is 0 Å². The lowest BCUT2D eigenvalue weighted by Crippen LogP contribution is -2.28. The minimum atomic E-state index is -4.64. The lowest BCUT2D eigenvalue weighted by atomic mass is 10.0. The molecule has 0 aromatic rings. The molecule has 0 aliphatic rings. The molecule has 0 spiro atoms. The van der Waals surface area contributed by atoms with Crippen LogP contribution < -0.4 is 0 Å². The van der Waals surface area contributed by atoms with E-state index in [0.717, 1.165) is 32.1 Å². The second-order valence-electron chi connectivity index (χ2n) is 13.3. The molecule has 0 aromatic carbocycles. The van der Waals surface area contributed by atoms with Crippen LogP contribution in [0.4, 0.5) is 0 Å². The fraction of sp³-hybridized carbons (Fsp3) is 0.973. The Bertz CT molecular complexity index is 655. The minimum absolute atomic E-state index is 0.0864. The summed E-state index contributed by atoms with van der Waals surface area (Å²) in [6.45, 7) is 4.79. The number of carbonyl (C=O) groups excluding carboxylic acids is 1. The molecule has 1 unspecified atom stereocenters. The van der Waals surface area contributed by atoms with Crippen molar-refractivity contribution in [2.24, 2.45) is 0 Å². The van der Waals surface area contributed by atoms with Crippen molar-refractivity contribution >= 4 is 13.8 Å². The van der Waals surface area contributed by atoms with Gasteiger partial charge in [0, 0.05) is 13.0 Å². The summed E-state index contributed by atoms with van der Waals surface area (Å²) < 4.78 is 26.9. The Hall–Kier alpha value is -0.460. The lowest BCUT2D eigenvalue weighted by Gasteiger charge is -2.18. The van der Waals surface area contributed by atoms with Crippen LogP contribution in [0, 0.1) is 0 Å². The van der Waals surface area contributed by atoms with Gasteiger partial charge in [-0.25, -0.2) is 4.57 Å². The molecule has 7 nitrogen and oxygen atoms in total. The third kappa shape index (κ3) is 37.9. The SMILES string of the molecule is CCCCCCCCCCCCCCCCCCOCC(COP(=O)(O)O)OC(=O)CCCCCCCCCCCCCCC. The summed E-state index contributed by atoms with van der Waals surface area (Å²) in [6, 6.07) is 0. The number of phosphoric acid groups is 1. The normalized spacial score (nSPS) is 12.5. The fourth-order valence-corrected chi connectivity index (χ4v) is 6.16. The lowest BCUT2D eigenvalue weighted by molar-refractivity contribution is -0.154. The molecule has 0 rings (SSSR count). The zero-order valence-electron chi connectivity index (χ0n) is 29.8. The number of esters is 1. The van der Waals surface area contributed by atoms with Gasteiger partial charge < -0.3 is 19.3 Å². The van der Waals surface area contributed by atoms with E-state index in [-0.39, 0.29) is 19.2 Å². The van der Waals surface area contributed by atoms with Crippen LogP contribution in [-0.4, -0.2) is 41.7 Å². The highest BCUT2D eigenvalue weighted by Gasteiger charge is 2.21. The molecule has 0 bridgehead atoms. The average Bonchev–Trinajstić information content (AvgIpc) is 3.01. The summed E-state index contributed by atoms with van der Waals surface area (Å²) >= 11 is 0. The molecule has 0 heterocycles. The zero-order chi connectivity index (χ0) is 33.1. The molecule has 0 aliphatic heterocycles. The number of phosphoric ester groups is 1. The van der Waals surface area contributed by atoms with E-state index in [9.17, 15) is 9.36 Å². The van der Waals surface area contributed by atoms with E-state index in [2.05, 4.69) is 18.4 Å². The van der Waals surface area contributed by atoms with Crippen LogP contribution in [0.5, 0.6) is 0 Å². The van der Waals surface area contributed by atoms with Gasteiger partial charge in [0.1, 0.15) is 6.10 Å². The first-order valence-electron chi connectivity index (χ1n) is 19.4. The van der Waals surface area contributed by atoms with Crippen LogP contribution in [0.3, 0.4) is 0 Å². The molecule has 0 aromatic heterocycles. The third-order valence-electron chi connectivity index (χ3n) is 8.66. The first-order valence-corrected chi connectivity index (χ1v) is 20.9. The Labute approximate surface area is 279 Å². The molecular formula is C37H75O7P. The molecule has 0 saturated carbocycles. The largest absolute Gasteiger partial charge is 0.469 e. The van der Waals surface area contributed by atoms with Gasteiger partial charge in [-0.05, 0) is 12.8 Å². The van der Waals surface area contributed by atoms with Gasteiger partial charge in [-0.2, -0.15) is 0 Å². The maximum atomic E-state index is 12.3. The zero-order valence-corrected chi connectivity index (χ0v) is 30.7. The van der Waals surface area contributed by atoms with Gasteiger partial charge in [0.15, 0.2) is 0 Å². The summed E-state index contributed by atoms with van der Waals surface area (Å²) in [6.07, 6.45) is 36.6. The number of unbranched alkanes of at least 4 members (excludes halogenated alkanes) is 27. The first kappa shape index (κ1) is 44.5. The molecular weight excluding hydrogens is 587 g/mol. The van der Waals surface area contributed by atoms with Crippen LogP contribution in [0.1, 0.15) is 206 Å². The van der Waals surface area contributed by atoms with Crippen LogP contribution in [-0.2, 0) is 23.4 Å². The molecule has 0 fully saturated rings. The van der Waals surface area contributed by atoms with E-state index in [4.69, 9.17) is 19.3 Å². The predicted octanol–water partition coefficient (Wildman–Crippen LogP) is 11.8. The molecule has 45 heavy (non-hydrogen) atoms. The van der Waals surface area contributed by atoms with Crippen LogP contribution in [0.2, 0.25) is 0 Å². The first-order chi connectivity index (χ1) is 21.9. The van der Waals surface area contributed by atoms with E-state index in [1.54, 1.807) is 0 Å². The van der Waals surface area contributed by atoms with Gasteiger partial charge in [-0.3, -0.25) is 9.32 Å². The van der Waals surface area contributed by atoms with Crippen molar-refractivity contribution in [2.75, 3.05) is 19.8 Å². The maximum absolute atomic E-state index is 12.3. The molecule has 0 amide bonds. The maximum Gasteiger partial charge on any atom is 0.469 e. The van der Waals surface area contributed by atoms with Gasteiger partial charge >= 0.3 is 13.8 Å². The number of rotatable bonds is 37. The number of ether oxygens (including phenoxy) is 2. The van der Waals surface area contributed by atoms with Gasteiger partial charge in [-0.15, -0.1) is 0 Å².